The largest absolute Gasteiger partial charge is 0.402 e. The molecule has 1 rings (SSSR count). The van der Waals surface area contributed by atoms with Crippen molar-refractivity contribution in [1.82, 2.24) is 16.0 Å². The van der Waals surface area contributed by atoms with Crippen LogP contribution in [0.4, 0.5) is 0 Å². The minimum Gasteiger partial charge on any atom is -0.402 e. The standard InChI is InChI=1S/C20H31N5O3/c1-14(22)20(2,3)9-10-23-18(27)13-24-19(28)16(25-17(26)12-21)11-15-7-5-4-6-8-15/h4-8,16H,1,9-13,21-22H2,2-3H3,(H,23,27)(H,24,28)(H,25,26)/t16-/m0/s1. The van der Waals surface area contributed by atoms with Crippen molar-refractivity contribution in [2.75, 3.05) is 19.6 Å². The van der Waals surface area contributed by atoms with Crippen molar-refractivity contribution in [2.24, 2.45) is 16.9 Å². The first-order valence-electron chi connectivity index (χ1n) is 9.18. The molecule has 1 aromatic rings. The van der Waals surface area contributed by atoms with Gasteiger partial charge in [-0.05, 0) is 12.0 Å². The average molecular weight is 390 g/mol. The highest BCUT2D eigenvalue weighted by Gasteiger charge is 2.22. The summed E-state index contributed by atoms with van der Waals surface area (Å²) in [6.45, 7) is 7.62. The molecule has 0 aliphatic carbocycles. The highest BCUT2D eigenvalue weighted by molar-refractivity contribution is 5.91. The summed E-state index contributed by atoms with van der Waals surface area (Å²) in [6, 6.07) is 8.46. The fourth-order valence-electron chi connectivity index (χ4n) is 2.34. The van der Waals surface area contributed by atoms with Crippen molar-refractivity contribution in [1.29, 1.82) is 0 Å². The smallest absolute Gasteiger partial charge is 0.243 e. The SMILES string of the molecule is C=C(N)C(C)(C)CCNC(=O)CNC(=O)[C@H](Cc1ccccc1)NC(=O)CN. The summed E-state index contributed by atoms with van der Waals surface area (Å²) in [4.78, 5) is 36.1. The van der Waals surface area contributed by atoms with Gasteiger partial charge in [0.15, 0.2) is 0 Å². The Hall–Kier alpha value is -2.87. The van der Waals surface area contributed by atoms with Crippen LogP contribution < -0.4 is 27.4 Å². The molecular weight excluding hydrogens is 358 g/mol. The van der Waals surface area contributed by atoms with E-state index >= 15 is 0 Å². The van der Waals surface area contributed by atoms with Gasteiger partial charge < -0.3 is 27.4 Å². The van der Waals surface area contributed by atoms with Crippen LogP contribution in [-0.4, -0.2) is 43.4 Å². The molecule has 0 aliphatic rings. The van der Waals surface area contributed by atoms with Gasteiger partial charge in [-0.25, -0.2) is 0 Å². The van der Waals surface area contributed by atoms with Gasteiger partial charge in [0.2, 0.25) is 17.7 Å². The van der Waals surface area contributed by atoms with Gasteiger partial charge in [0, 0.05) is 24.1 Å². The van der Waals surface area contributed by atoms with Crippen LogP contribution in [0.1, 0.15) is 25.8 Å². The molecule has 154 valence electrons. The number of amides is 3. The van der Waals surface area contributed by atoms with E-state index in [1.807, 2.05) is 44.2 Å². The summed E-state index contributed by atoms with van der Waals surface area (Å²) in [5.74, 6) is -1.21. The van der Waals surface area contributed by atoms with E-state index in [0.29, 0.717) is 25.1 Å². The van der Waals surface area contributed by atoms with E-state index in [9.17, 15) is 14.4 Å². The summed E-state index contributed by atoms with van der Waals surface area (Å²) < 4.78 is 0. The van der Waals surface area contributed by atoms with E-state index in [-0.39, 0.29) is 24.4 Å². The predicted octanol–water partition coefficient (Wildman–Crippen LogP) is -0.206. The third kappa shape index (κ3) is 8.22. The van der Waals surface area contributed by atoms with E-state index in [1.54, 1.807) is 0 Å². The molecule has 0 aromatic heterocycles. The first-order chi connectivity index (χ1) is 13.2. The highest BCUT2D eigenvalue weighted by atomic mass is 16.2. The summed E-state index contributed by atoms with van der Waals surface area (Å²) >= 11 is 0. The lowest BCUT2D eigenvalue weighted by Gasteiger charge is -2.24. The van der Waals surface area contributed by atoms with Crippen molar-refractivity contribution in [3.05, 3.63) is 48.2 Å². The molecule has 0 spiro atoms. The number of carbonyl (C=O) groups is 3. The second-order valence-electron chi connectivity index (χ2n) is 7.24. The second-order valence-corrected chi connectivity index (χ2v) is 7.24. The van der Waals surface area contributed by atoms with Gasteiger partial charge >= 0.3 is 0 Å². The maximum atomic E-state index is 12.5. The van der Waals surface area contributed by atoms with Gasteiger partial charge in [-0.2, -0.15) is 0 Å². The minimum atomic E-state index is -0.814. The van der Waals surface area contributed by atoms with Crippen LogP contribution in [0.15, 0.2) is 42.6 Å². The van der Waals surface area contributed by atoms with Gasteiger partial charge in [0.1, 0.15) is 6.04 Å². The van der Waals surface area contributed by atoms with Crippen molar-refractivity contribution in [3.63, 3.8) is 0 Å². The lowest BCUT2D eigenvalue weighted by atomic mass is 9.86. The van der Waals surface area contributed by atoms with Crippen LogP contribution >= 0.6 is 0 Å². The van der Waals surface area contributed by atoms with Gasteiger partial charge in [-0.1, -0.05) is 50.8 Å². The monoisotopic (exact) mass is 389 g/mol. The number of carbonyl (C=O) groups excluding carboxylic acids is 3. The molecule has 8 nitrogen and oxygen atoms in total. The maximum absolute atomic E-state index is 12.5. The highest BCUT2D eigenvalue weighted by Crippen LogP contribution is 2.24. The van der Waals surface area contributed by atoms with E-state index in [2.05, 4.69) is 22.5 Å². The number of allylic oxidation sites excluding steroid dienone is 1. The average Bonchev–Trinajstić information content (AvgIpc) is 2.66. The molecule has 0 aliphatic heterocycles. The number of hydrogen-bond acceptors (Lipinski definition) is 5. The maximum Gasteiger partial charge on any atom is 0.243 e. The van der Waals surface area contributed by atoms with Crippen molar-refractivity contribution in [2.45, 2.75) is 32.7 Å². The zero-order valence-electron chi connectivity index (χ0n) is 16.6. The Labute approximate surface area is 166 Å². The van der Waals surface area contributed by atoms with Crippen LogP contribution in [0.25, 0.3) is 0 Å². The molecule has 8 heteroatoms. The Balaban J connectivity index is 2.54. The normalized spacial score (nSPS) is 12.0. The molecule has 0 radical (unpaired) electrons. The Morgan fingerprint density at radius 2 is 1.75 bits per heavy atom. The lowest BCUT2D eigenvalue weighted by Crippen LogP contribution is -2.51. The first kappa shape index (κ1) is 23.2. The first-order valence-corrected chi connectivity index (χ1v) is 9.18. The molecule has 0 saturated carbocycles. The van der Waals surface area contributed by atoms with Gasteiger partial charge in [-0.3, -0.25) is 14.4 Å². The molecule has 0 bridgehead atoms. The van der Waals surface area contributed by atoms with Crippen LogP contribution in [0, 0.1) is 5.41 Å². The third-order valence-electron chi connectivity index (χ3n) is 4.48. The van der Waals surface area contributed by atoms with Crippen LogP contribution in [0.5, 0.6) is 0 Å². The zero-order chi connectivity index (χ0) is 21.2. The predicted molar refractivity (Wildman–Crippen MR) is 109 cm³/mol. The fraction of sp³-hybridized carbons (Fsp3) is 0.450. The molecule has 0 saturated heterocycles. The molecule has 0 fully saturated rings. The summed E-state index contributed by atoms with van der Waals surface area (Å²) in [6.07, 6.45) is 0.929. The Kier molecular flexibility index (Phi) is 9.17. The van der Waals surface area contributed by atoms with Crippen molar-refractivity contribution in [3.8, 4) is 0 Å². The third-order valence-corrected chi connectivity index (χ3v) is 4.48. The number of benzene rings is 1. The summed E-state index contributed by atoms with van der Waals surface area (Å²) in [5, 5.41) is 7.87. The van der Waals surface area contributed by atoms with Gasteiger partial charge in [0.25, 0.3) is 0 Å². The molecule has 7 N–H and O–H groups in total. The molecule has 28 heavy (non-hydrogen) atoms. The summed E-state index contributed by atoms with van der Waals surface area (Å²) in [7, 11) is 0. The van der Waals surface area contributed by atoms with Crippen LogP contribution in [0.3, 0.4) is 0 Å². The van der Waals surface area contributed by atoms with Crippen molar-refractivity contribution < 1.29 is 14.4 Å². The van der Waals surface area contributed by atoms with E-state index in [1.165, 1.54) is 0 Å². The number of hydrogen-bond donors (Lipinski definition) is 5. The zero-order valence-corrected chi connectivity index (χ0v) is 16.6. The summed E-state index contributed by atoms with van der Waals surface area (Å²) in [5.41, 5.74) is 12.2. The topological polar surface area (TPSA) is 139 Å². The van der Waals surface area contributed by atoms with Crippen molar-refractivity contribution >= 4 is 17.7 Å². The van der Waals surface area contributed by atoms with E-state index < -0.39 is 17.9 Å². The van der Waals surface area contributed by atoms with Gasteiger partial charge in [0.05, 0.1) is 13.1 Å². The fourth-order valence-corrected chi connectivity index (χ4v) is 2.34. The Morgan fingerprint density at radius 3 is 2.32 bits per heavy atom. The Morgan fingerprint density at radius 1 is 1.11 bits per heavy atom. The molecular formula is C20H31N5O3. The Bertz CT molecular complexity index is 688. The molecule has 1 atom stereocenters. The van der Waals surface area contributed by atoms with Crippen LogP contribution in [0.2, 0.25) is 0 Å². The quantitative estimate of drug-likeness (QED) is 0.356. The molecule has 0 heterocycles. The van der Waals surface area contributed by atoms with Gasteiger partial charge in [-0.15, -0.1) is 0 Å². The minimum absolute atomic E-state index is 0.188. The van der Waals surface area contributed by atoms with E-state index in [4.69, 9.17) is 11.5 Å². The molecule has 3 amide bonds. The lowest BCUT2D eigenvalue weighted by molar-refractivity contribution is -0.129. The number of nitrogens with one attached hydrogen (secondary N) is 3. The van der Waals surface area contributed by atoms with E-state index in [0.717, 1.165) is 5.56 Å². The molecule has 0 unspecified atom stereocenters. The number of nitrogens with two attached hydrogens (primary N) is 2. The number of rotatable bonds is 11. The molecule has 1 aromatic carbocycles. The van der Waals surface area contributed by atoms with Crippen LogP contribution in [-0.2, 0) is 20.8 Å². The second kappa shape index (κ2) is 11.1.